The predicted molar refractivity (Wildman–Crippen MR) is 83.2 cm³/mol. The third-order valence-electron chi connectivity index (χ3n) is 3.68. The van der Waals surface area contributed by atoms with Crippen molar-refractivity contribution < 1.29 is 19.0 Å². The number of ether oxygens (including phenoxy) is 3. The maximum absolute atomic E-state index is 11.0. The van der Waals surface area contributed by atoms with Crippen LogP contribution in [0.25, 0.3) is 0 Å². The molecule has 0 bridgehead atoms. The molecule has 1 N–H and O–H groups in total. The van der Waals surface area contributed by atoms with Gasteiger partial charge in [0.15, 0.2) is 11.5 Å². The van der Waals surface area contributed by atoms with Gasteiger partial charge in [0, 0.05) is 38.7 Å². The Bertz CT molecular complexity index is 507. The summed E-state index contributed by atoms with van der Waals surface area (Å²) in [5.74, 6) is 1.48. The molecule has 2 rings (SSSR count). The van der Waals surface area contributed by atoms with E-state index in [0.29, 0.717) is 13.2 Å². The monoisotopic (exact) mass is 308 g/mol. The highest BCUT2D eigenvalue weighted by atomic mass is 16.5. The van der Waals surface area contributed by atoms with Crippen LogP contribution < -0.4 is 14.8 Å². The second kappa shape index (κ2) is 8.00. The number of rotatable bonds is 6. The molecule has 1 aromatic carbocycles. The highest BCUT2D eigenvalue weighted by molar-refractivity contribution is 5.72. The lowest BCUT2D eigenvalue weighted by atomic mass is 10.1. The molecule has 1 aliphatic rings. The molecule has 1 fully saturated rings. The number of hydrogen-bond donors (Lipinski definition) is 1. The third-order valence-corrected chi connectivity index (χ3v) is 3.68. The summed E-state index contributed by atoms with van der Waals surface area (Å²) >= 11 is 0. The number of amides is 1. The summed E-state index contributed by atoms with van der Waals surface area (Å²) in [6.45, 7) is 5.12. The summed E-state index contributed by atoms with van der Waals surface area (Å²) in [4.78, 5) is 13.3. The molecular formula is C16H24N2O4. The lowest BCUT2D eigenvalue weighted by Gasteiger charge is -2.33. The maximum atomic E-state index is 11.0. The van der Waals surface area contributed by atoms with Gasteiger partial charge in [-0.1, -0.05) is 12.1 Å². The van der Waals surface area contributed by atoms with Gasteiger partial charge in [0.25, 0.3) is 0 Å². The Hall–Kier alpha value is -1.79. The average molecular weight is 308 g/mol. The summed E-state index contributed by atoms with van der Waals surface area (Å²) in [6, 6.07) is 5.90. The first-order valence-corrected chi connectivity index (χ1v) is 7.42. The van der Waals surface area contributed by atoms with E-state index in [9.17, 15) is 4.79 Å². The Morgan fingerprint density at radius 1 is 1.41 bits per heavy atom. The van der Waals surface area contributed by atoms with Gasteiger partial charge in [0.2, 0.25) is 5.91 Å². The largest absolute Gasteiger partial charge is 0.493 e. The van der Waals surface area contributed by atoms with Crippen LogP contribution in [0.3, 0.4) is 0 Å². The van der Waals surface area contributed by atoms with Gasteiger partial charge in [-0.25, -0.2) is 0 Å². The van der Waals surface area contributed by atoms with Crippen LogP contribution in [0.4, 0.5) is 0 Å². The second-order valence-electron chi connectivity index (χ2n) is 5.32. The fourth-order valence-electron chi connectivity index (χ4n) is 2.62. The van der Waals surface area contributed by atoms with E-state index < -0.39 is 0 Å². The number of para-hydroxylation sites is 1. The van der Waals surface area contributed by atoms with Crippen LogP contribution in [0.2, 0.25) is 0 Å². The number of methoxy groups -OCH3 is 2. The van der Waals surface area contributed by atoms with Crippen molar-refractivity contribution >= 4 is 5.91 Å². The van der Waals surface area contributed by atoms with Crippen LogP contribution in [0.1, 0.15) is 12.5 Å². The molecule has 1 amide bonds. The molecule has 1 saturated heterocycles. The molecule has 1 aliphatic heterocycles. The first-order chi connectivity index (χ1) is 10.6. The molecule has 0 saturated carbocycles. The minimum atomic E-state index is -0.0322. The van der Waals surface area contributed by atoms with E-state index in [2.05, 4.69) is 10.2 Å². The first-order valence-electron chi connectivity index (χ1n) is 7.42. The molecule has 6 nitrogen and oxygen atoms in total. The van der Waals surface area contributed by atoms with E-state index in [1.165, 1.54) is 6.92 Å². The highest BCUT2D eigenvalue weighted by Crippen LogP contribution is 2.31. The van der Waals surface area contributed by atoms with Gasteiger partial charge < -0.3 is 19.5 Å². The van der Waals surface area contributed by atoms with Crippen molar-refractivity contribution in [2.45, 2.75) is 19.6 Å². The normalized spacial score (nSPS) is 18.8. The molecule has 22 heavy (non-hydrogen) atoms. The van der Waals surface area contributed by atoms with Crippen molar-refractivity contribution in [3.63, 3.8) is 0 Å². The van der Waals surface area contributed by atoms with E-state index in [1.54, 1.807) is 14.2 Å². The van der Waals surface area contributed by atoms with E-state index in [1.807, 2.05) is 18.2 Å². The fraction of sp³-hybridized carbons (Fsp3) is 0.562. The standard InChI is InChI=1S/C16H24N2O4/c1-12(19)17-9-14-11-18(7-8-22-14)10-13-5-4-6-15(20-2)16(13)21-3/h4-6,14H,7-11H2,1-3H3,(H,17,19)/t14-/m1/s1. The Morgan fingerprint density at radius 3 is 2.91 bits per heavy atom. The highest BCUT2D eigenvalue weighted by Gasteiger charge is 2.22. The Morgan fingerprint density at radius 2 is 2.23 bits per heavy atom. The summed E-state index contributed by atoms with van der Waals surface area (Å²) in [6.07, 6.45) is 0.0225. The van der Waals surface area contributed by atoms with Crippen LogP contribution in [-0.4, -0.2) is 57.4 Å². The topological polar surface area (TPSA) is 60.0 Å². The van der Waals surface area contributed by atoms with Gasteiger partial charge in [-0.15, -0.1) is 0 Å². The van der Waals surface area contributed by atoms with Crippen molar-refractivity contribution in [2.24, 2.45) is 0 Å². The molecule has 0 aromatic heterocycles. The Balaban J connectivity index is 1.99. The zero-order valence-electron chi connectivity index (χ0n) is 13.4. The second-order valence-corrected chi connectivity index (χ2v) is 5.32. The van der Waals surface area contributed by atoms with Crippen LogP contribution in [0.5, 0.6) is 11.5 Å². The number of morpholine rings is 1. The fourth-order valence-corrected chi connectivity index (χ4v) is 2.62. The van der Waals surface area contributed by atoms with Crippen LogP contribution in [0, 0.1) is 0 Å². The molecule has 0 radical (unpaired) electrons. The Kier molecular flexibility index (Phi) is 6.03. The summed E-state index contributed by atoms with van der Waals surface area (Å²) < 4.78 is 16.5. The molecule has 0 unspecified atom stereocenters. The molecule has 1 heterocycles. The molecule has 0 aliphatic carbocycles. The quantitative estimate of drug-likeness (QED) is 0.851. The lowest BCUT2D eigenvalue weighted by molar-refractivity contribution is -0.120. The maximum Gasteiger partial charge on any atom is 0.216 e. The van der Waals surface area contributed by atoms with Crippen molar-refractivity contribution in [3.05, 3.63) is 23.8 Å². The number of nitrogens with one attached hydrogen (secondary N) is 1. The molecule has 1 atom stereocenters. The molecule has 1 aromatic rings. The van der Waals surface area contributed by atoms with Gasteiger partial charge in [-0.05, 0) is 6.07 Å². The summed E-state index contributed by atoms with van der Waals surface area (Å²) in [5, 5.41) is 2.81. The number of carbonyl (C=O) groups excluding carboxylic acids is 1. The number of nitrogens with zero attached hydrogens (tertiary/aromatic N) is 1. The van der Waals surface area contributed by atoms with Gasteiger partial charge in [0.1, 0.15) is 0 Å². The molecule has 0 spiro atoms. The predicted octanol–water partition coefficient (Wildman–Crippen LogP) is 1.04. The van der Waals surface area contributed by atoms with E-state index >= 15 is 0 Å². The average Bonchev–Trinajstić information content (AvgIpc) is 2.53. The van der Waals surface area contributed by atoms with Crippen LogP contribution >= 0.6 is 0 Å². The SMILES string of the molecule is COc1cccc(CN2CCO[C@H](CNC(C)=O)C2)c1OC. The third kappa shape index (κ3) is 4.35. The summed E-state index contributed by atoms with van der Waals surface area (Å²) in [7, 11) is 3.29. The van der Waals surface area contributed by atoms with Crippen molar-refractivity contribution in [1.82, 2.24) is 10.2 Å². The zero-order valence-corrected chi connectivity index (χ0v) is 13.4. The van der Waals surface area contributed by atoms with Gasteiger partial charge in [-0.3, -0.25) is 9.69 Å². The molecular weight excluding hydrogens is 284 g/mol. The summed E-state index contributed by atoms with van der Waals surface area (Å²) in [5.41, 5.74) is 1.09. The minimum Gasteiger partial charge on any atom is -0.493 e. The first kappa shape index (κ1) is 16.6. The van der Waals surface area contributed by atoms with Crippen molar-refractivity contribution in [2.75, 3.05) is 40.5 Å². The Labute approximate surface area is 131 Å². The van der Waals surface area contributed by atoms with E-state index in [0.717, 1.165) is 36.7 Å². The van der Waals surface area contributed by atoms with Crippen molar-refractivity contribution in [1.29, 1.82) is 0 Å². The van der Waals surface area contributed by atoms with Crippen LogP contribution in [-0.2, 0) is 16.1 Å². The minimum absolute atomic E-state index is 0.0225. The van der Waals surface area contributed by atoms with Crippen LogP contribution in [0.15, 0.2) is 18.2 Å². The molecule has 6 heteroatoms. The lowest BCUT2D eigenvalue weighted by Crippen LogP contribution is -2.46. The van der Waals surface area contributed by atoms with Crippen molar-refractivity contribution in [3.8, 4) is 11.5 Å². The van der Waals surface area contributed by atoms with E-state index in [-0.39, 0.29) is 12.0 Å². The number of hydrogen-bond acceptors (Lipinski definition) is 5. The smallest absolute Gasteiger partial charge is 0.216 e. The number of carbonyl (C=O) groups is 1. The van der Waals surface area contributed by atoms with Gasteiger partial charge in [0.05, 0.1) is 26.9 Å². The zero-order chi connectivity index (χ0) is 15.9. The van der Waals surface area contributed by atoms with Gasteiger partial charge in [-0.2, -0.15) is 0 Å². The van der Waals surface area contributed by atoms with E-state index in [4.69, 9.17) is 14.2 Å². The number of benzene rings is 1. The molecule has 122 valence electrons. The van der Waals surface area contributed by atoms with Gasteiger partial charge >= 0.3 is 0 Å².